The zero-order chi connectivity index (χ0) is 20.6. The summed E-state index contributed by atoms with van der Waals surface area (Å²) in [6.45, 7) is 2.68. The molecule has 7 nitrogen and oxygen atoms in total. The van der Waals surface area contributed by atoms with Crippen molar-refractivity contribution in [2.75, 3.05) is 11.3 Å². The number of amides is 1. The molecule has 154 valence electrons. The van der Waals surface area contributed by atoms with Gasteiger partial charge in [-0.1, -0.05) is 11.6 Å². The number of carbonyl (C=O) groups excluding carboxylic acids is 1. The van der Waals surface area contributed by atoms with Gasteiger partial charge in [-0.15, -0.1) is 0 Å². The number of nitrogens with zero attached hydrogens (tertiary/aromatic N) is 2. The van der Waals surface area contributed by atoms with Crippen LogP contribution in [0.25, 0.3) is 0 Å². The largest absolute Gasteiger partial charge is 0.336 e. The number of nitrogens with one attached hydrogen (secondary N) is 2. The maximum absolute atomic E-state index is 13.2. The van der Waals surface area contributed by atoms with Gasteiger partial charge in [-0.3, -0.25) is 13.8 Å². The van der Waals surface area contributed by atoms with Gasteiger partial charge in [0.2, 0.25) is 0 Å². The number of piperidine rings is 1. The second-order valence-corrected chi connectivity index (χ2v) is 9.97. The molecule has 0 aliphatic carbocycles. The van der Waals surface area contributed by atoms with Crippen molar-refractivity contribution in [2.45, 2.75) is 32.2 Å². The van der Waals surface area contributed by atoms with Crippen molar-refractivity contribution >= 4 is 45.4 Å². The van der Waals surface area contributed by atoms with Gasteiger partial charge >= 0.3 is 0 Å². The first-order chi connectivity index (χ1) is 13.9. The SMILES string of the molecule is CC1CCCCN1C(=O)c1ccc(Cl)cc1NS(=O)(=O)C1=CC=CN2SNC=C12. The van der Waals surface area contributed by atoms with Gasteiger partial charge in [0.05, 0.1) is 29.1 Å². The fraction of sp³-hybridized carbons (Fsp3) is 0.316. The summed E-state index contributed by atoms with van der Waals surface area (Å²) in [5.74, 6) is -0.192. The van der Waals surface area contributed by atoms with Gasteiger partial charge in [0.1, 0.15) is 4.91 Å². The maximum atomic E-state index is 13.2. The van der Waals surface area contributed by atoms with E-state index in [2.05, 4.69) is 9.44 Å². The van der Waals surface area contributed by atoms with Gasteiger partial charge in [0, 0.05) is 30.0 Å². The first-order valence-corrected chi connectivity index (χ1v) is 11.9. The summed E-state index contributed by atoms with van der Waals surface area (Å²) < 4.78 is 33.5. The Hall–Kier alpha value is -2.10. The molecule has 3 aliphatic heterocycles. The fourth-order valence-corrected chi connectivity index (χ4v) is 5.75. The molecule has 3 heterocycles. The topological polar surface area (TPSA) is 81.8 Å². The van der Waals surface area contributed by atoms with Crippen molar-refractivity contribution in [3.8, 4) is 0 Å². The lowest BCUT2D eigenvalue weighted by atomic mass is 10.0. The van der Waals surface area contributed by atoms with Crippen molar-refractivity contribution in [3.05, 3.63) is 63.9 Å². The minimum Gasteiger partial charge on any atom is -0.336 e. The Kier molecular flexibility index (Phi) is 5.54. The zero-order valence-corrected chi connectivity index (χ0v) is 18.1. The van der Waals surface area contributed by atoms with E-state index in [9.17, 15) is 13.2 Å². The zero-order valence-electron chi connectivity index (χ0n) is 15.8. The van der Waals surface area contributed by atoms with Crippen molar-refractivity contribution in [2.24, 2.45) is 0 Å². The quantitative estimate of drug-likeness (QED) is 0.676. The number of hydrogen-bond donors (Lipinski definition) is 2. The molecule has 1 aromatic rings. The molecule has 3 aliphatic rings. The summed E-state index contributed by atoms with van der Waals surface area (Å²) in [5, 5.41) is 0.349. The van der Waals surface area contributed by atoms with Gasteiger partial charge in [-0.2, -0.15) is 0 Å². The first-order valence-electron chi connectivity index (χ1n) is 9.31. The van der Waals surface area contributed by atoms with E-state index >= 15 is 0 Å². The number of carbonyl (C=O) groups is 1. The van der Waals surface area contributed by atoms with Crippen molar-refractivity contribution in [1.82, 2.24) is 13.9 Å². The average molecular weight is 453 g/mol. The second-order valence-electron chi connectivity index (χ2n) is 7.08. The van der Waals surface area contributed by atoms with Crippen LogP contribution >= 0.6 is 23.7 Å². The smallest absolute Gasteiger partial charge is 0.264 e. The molecule has 1 fully saturated rings. The molecule has 0 bridgehead atoms. The maximum Gasteiger partial charge on any atom is 0.264 e. The van der Waals surface area contributed by atoms with Gasteiger partial charge in [0.15, 0.2) is 0 Å². The number of likely N-dealkylation sites (tertiary alicyclic amines) is 1. The van der Waals surface area contributed by atoms with Crippen LogP contribution in [0, 0.1) is 0 Å². The predicted octanol–water partition coefficient (Wildman–Crippen LogP) is 3.82. The molecule has 0 spiro atoms. The molecular weight excluding hydrogens is 432 g/mol. The molecule has 29 heavy (non-hydrogen) atoms. The Balaban J connectivity index is 1.67. The predicted molar refractivity (Wildman–Crippen MR) is 116 cm³/mol. The number of allylic oxidation sites excluding steroid dienone is 2. The molecule has 0 saturated carbocycles. The Bertz CT molecular complexity index is 1040. The van der Waals surface area contributed by atoms with Gasteiger partial charge in [-0.05, 0) is 56.5 Å². The third-order valence-electron chi connectivity index (χ3n) is 5.12. The van der Waals surface area contributed by atoms with E-state index in [1.165, 1.54) is 24.3 Å². The summed E-state index contributed by atoms with van der Waals surface area (Å²) in [4.78, 5) is 15.1. The Morgan fingerprint density at radius 1 is 1.34 bits per heavy atom. The standard InChI is InChI=1S/C19H21ClN4O3S2/c1-13-5-2-3-9-23(13)19(25)15-8-7-14(20)11-16(15)22-29(26,27)18-6-4-10-24-17(18)12-21-28-24/h4,6-8,10-13,21-22H,2-3,5,9H2,1H3. The van der Waals surface area contributed by atoms with Gasteiger partial charge in [-0.25, -0.2) is 8.42 Å². The molecule has 1 aromatic carbocycles. The van der Waals surface area contributed by atoms with Crippen molar-refractivity contribution < 1.29 is 13.2 Å². The summed E-state index contributed by atoms with van der Waals surface area (Å²) in [6.07, 6.45) is 9.54. The Morgan fingerprint density at radius 3 is 2.97 bits per heavy atom. The van der Waals surface area contributed by atoms with E-state index in [0.29, 0.717) is 22.8 Å². The third kappa shape index (κ3) is 3.99. The van der Waals surface area contributed by atoms with Crippen molar-refractivity contribution in [3.63, 3.8) is 0 Å². The summed E-state index contributed by atoms with van der Waals surface area (Å²) in [5.41, 5.74) is 0.995. The summed E-state index contributed by atoms with van der Waals surface area (Å²) >= 11 is 7.39. The number of sulfonamides is 1. The van der Waals surface area contributed by atoms with Crippen LogP contribution in [-0.2, 0) is 10.0 Å². The molecule has 2 N–H and O–H groups in total. The molecule has 1 atom stereocenters. The van der Waals surface area contributed by atoms with Crippen LogP contribution in [0.3, 0.4) is 0 Å². The van der Waals surface area contributed by atoms with E-state index in [-0.39, 0.29) is 22.5 Å². The van der Waals surface area contributed by atoms with Crippen LogP contribution in [0.2, 0.25) is 5.02 Å². The average Bonchev–Trinajstić information content (AvgIpc) is 3.16. The highest BCUT2D eigenvalue weighted by atomic mass is 35.5. The highest BCUT2D eigenvalue weighted by molar-refractivity contribution is 7.97. The molecular formula is C19H21ClN4O3S2. The van der Waals surface area contributed by atoms with Gasteiger partial charge < -0.3 is 9.62 Å². The Morgan fingerprint density at radius 2 is 2.17 bits per heavy atom. The molecule has 0 aromatic heterocycles. The van der Waals surface area contributed by atoms with Crippen molar-refractivity contribution in [1.29, 1.82) is 0 Å². The highest BCUT2D eigenvalue weighted by Crippen LogP contribution is 2.35. The lowest BCUT2D eigenvalue weighted by Crippen LogP contribution is -2.42. The number of fused-ring (bicyclic) bond motifs is 1. The second kappa shape index (κ2) is 7.97. The van der Waals surface area contributed by atoms with E-state index in [4.69, 9.17) is 11.6 Å². The Labute approximate surface area is 179 Å². The summed E-state index contributed by atoms with van der Waals surface area (Å²) in [6, 6.07) is 4.78. The normalized spacial score (nSPS) is 21.2. The molecule has 4 rings (SSSR count). The fourth-order valence-electron chi connectivity index (χ4n) is 3.61. The minimum absolute atomic E-state index is 0.113. The van der Waals surface area contributed by atoms with E-state index in [0.717, 1.165) is 19.3 Å². The lowest BCUT2D eigenvalue weighted by molar-refractivity contribution is 0.0636. The number of hydrogen-bond acceptors (Lipinski definition) is 6. The van der Waals surface area contributed by atoms with E-state index in [1.54, 1.807) is 39.8 Å². The molecule has 10 heteroatoms. The van der Waals surface area contributed by atoms with Gasteiger partial charge in [0.25, 0.3) is 15.9 Å². The van der Waals surface area contributed by atoms with Crippen LogP contribution in [0.4, 0.5) is 5.69 Å². The minimum atomic E-state index is -3.94. The molecule has 1 saturated heterocycles. The van der Waals surface area contributed by atoms with Crippen LogP contribution in [0.1, 0.15) is 36.5 Å². The third-order valence-corrected chi connectivity index (χ3v) is 7.50. The first kappa shape index (κ1) is 20.2. The molecule has 1 amide bonds. The molecule has 0 radical (unpaired) electrons. The van der Waals surface area contributed by atoms with E-state index in [1.807, 2.05) is 6.92 Å². The number of halogens is 1. The molecule has 1 unspecified atom stereocenters. The monoisotopic (exact) mass is 452 g/mol. The number of anilines is 1. The highest BCUT2D eigenvalue weighted by Gasteiger charge is 2.32. The number of benzene rings is 1. The lowest BCUT2D eigenvalue weighted by Gasteiger charge is -2.34. The summed E-state index contributed by atoms with van der Waals surface area (Å²) in [7, 11) is -3.94. The van der Waals surface area contributed by atoms with Crippen LogP contribution in [0.15, 0.2) is 53.4 Å². The van der Waals surface area contributed by atoms with Crippen LogP contribution < -0.4 is 9.44 Å². The van der Waals surface area contributed by atoms with Crippen LogP contribution in [-0.4, -0.2) is 36.1 Å². The van der Waals surface area contributed by atoms with Crippen LogP contribution in [0.5, 0.6) is 0 Å². The van der Waals surface area contributed by atoms with E-state index < -0.39 is 10.0 Å². The number of rotatable bonds is 4.